The molecule has 0 spiro atoms. The van der Waals surface area contributed by atoms with Crippen LogP contribution in [-0.2, 0) is 13.2 Å². The van der Waals surface area contributed by atoms with Crippen molar-refractivity contribution in [1.82, 2.24) is 14.9 Å². The molecule has 0 radical (unpaired) electrons. The molecule has 0 unspecified atom stereocenters. The number of para-hydroxylation sites is 1. The third-order valence-corrected chi connectivity index (χ3v) is 5.03. The number of aryl methyl sites for hydroxylation is 3. The molecule has 0 saturated carbocycles. The summed E-state index contributed by atoms with van der Waals surface area (Å²) in [5.41, 5.74) is 4.20. The molecule has 1 amide bonds. The van der Waals surface area contributed by atoms with E-state index in [0.29, 0.717) is 23.6 Å². The van der Waals surface area contributed by atoms with Crippen molar-refractivity contribution in [1.29, 1.82) is 0 Å². The molecule has 2 aromatic carbocycles. The second kappa shape index (κ2) is 9.05. The normalized spacial score (nSPS) is 10.9. The van der Waals surface area contributed by atoms with Gasteiger partial charge in [-0.05, 0) is 56.7 Å². The van der Waals surface area contributed by atoms with E-state index in [4.69, 9.17) is 9.26 Å². The van der Waals surface area contributed by atoms with E-state index >= 15 is 0 Å². The first-order valence-corrected chi connectivity index (χ1v) is 10.1. The predicted octanol–water partition coefficient (Wildman–Crippen LogP) is 4.82. The number of nitrogens with one attached hydrogen (secondary N) is 1. The van der Waals surface area contributed by atoms with Crippen molar-refractivity contribution < 1.29 is 18.4 Å². The summed E-state index contributed by atoms with van der Waals surface area (Å²) >= 11 is 0. The summed E-state index contributed by atoms with van der Waals surface area (Å²) in [4.78, 5) is 12.9. The summed E-state index contributed by atoms with van der Waals surface area (Å²) in [6, 6.07) is 15.6. The van der Waals surface area contributed by atoms with Crippen molar-refractivity contribution >= 4 is 11.6 Å². The molecule has 0 saturated heterocycles. The van der Waals surface area contributed by atoms with Gasteiger partial charge in [0.1, 0.15) is 12.4 Å². The lowest BCUT2D eigenvalue weighted by Gasteiger charge is -2.09. The topological polar surface area (TPSA) is 82.2 Å². The maximum atomic E-state index is 13.8. The fraction of sp³-hybridized carbons (Fsp3) is 0.208. The smallest absolute Gasteiger partial charge is 0.278 e. The van der Waals surface area contributed by atoms with Gasteiger partial charge in [-0.15, -0.1) is 0 Å². The summed E-state index contributed by atoms with van der Waals surface area (Å²) in [5, 5.41) is 11.2. The largest absolute Gasteiger partial charge is 0.486 e. The lowest BCUT2D eigenvalue weighted by molar-refractivity contribution is 0.101. The van der Waals surface area contributed by atoms with Crippen LogP contribution >= 0.6 is 0 Å². The molecule has 0 atom stereocenters. The molecule has 0 fully saturated rings. The second-order valence-corrected chi connectivity index (χ2v) is 7.52. The van der Waals surface area contributed by atoms with Crippen LogP contribution in [0.25, 0.3) is 0 Å². The molecule has 0 aliphatic rings. The minimum absolute atomic E-state index is 0.0447. The number of benzene rings is 2. The van der Waals surface area contributed by atoms with E-state index in [2.05, 4.69) is 15.6 Å². The van der Waals surface area contributed by atoms with Gasteiger partial charge in [0.25, 0.3) is 5.91 Å². The fourth-order valence-electron chi connectivity index (χ4n) is 3.40. The van der Waals surface area contributed by atoms with Gasteiger partial charge in [-0.3, -0.25) is 9.48 Å². The Morgan fingerprint density at radius 3 is 2.69 bits per heavy atom. The molecule has 0 aliphatic heterocycles. The number of halogens is 1. The number of anilines is 1. The summed E-state index contributed by atoms with van der Waals surface area (Å²) in [5.74, 6) is -0.384. The Morgan fingerprint density at radius 1 is 1.12 bits per heavy atom. The van der Waals surface area contributed by atoms with Gasteiger partial charge in [-0.2, -0.15) is 5.10 Å². The number of rotatable bonds is 7. The van der Waals surface area contributed by atoms with Gasteiger partial charge in [0.2, 0.25) is 0 Å². The molecule has 7 nitrogen and oxygen atoms in total. The van der Waals surface area contributed by atoms with Crippen LogP contribution in [-0.4, -0.2) is 20.8 Å². The Kier molecular flexibility index (Phi) is 6.02. The highest BCUT2D eigenvalue weighted by molar-refractivity contribution is 6.03. The zero-order chi connectivity index (χ0) is 22.7. The lowest BCUT2D eigenvalue weighted by Crippen LogP contribution is -2.16. The molecule has 0 aliphatic carbocycles. The van der Waals surface area contributed by atoms with Gasteiger partial charge in [0, 0.05) is 11.4 Å². The molecule has 2 aromatic heterocycles. The summed E-state index contributed by atoms with van der Waals surface area (Å²) < 4.78 is 26.5. The highest BCUT2D eigenvalue weighted by atomic mass is 19.1. The van der Waals surface area contributed by atoms with Crippen LogP contribution in [0, 0.1) is 26.6 Å². The van der Waals surface area contributed by atoms with E-state index in [-0.39, 0.29) is 18.1 Å². The summed E-state index contributed by atoms with van der Waals surface area (Å²) in [6.07, 6.45) is 0. The molecular formula is C24H23FN4O3. The van der Waals surface area contributed by atoms with Crippen molar-refractivity contribution in [3.05, 3.63) is 94.4 Å². The summed E-state index contributed by atoms with van der Waals surface area (Å²) in [6.45, 7) is 6.18. The summed E-state index contributed by atoms with van der Waals surface area (Å²) in [7, 11) is 0. The quantitative estimate of drug-likeness (QED) is 0.451. The Hall–Kier alpha value is -3.94. The van der Waals surface area contributed by atoms with Crippen LogP contribution in [0.3, 0.4) is 0 Å². The monoisotopic (exact) mass is 434 g/mol. The molecule has 8 heteroatoms. The standard InChI is InChI=1S/C24H23FN4O3/c1-15-11-16(2)29(27-15)13-18-7-6-8-19(12-18)26-24(30)23-20(17(3)32-28-23)14-31-22-10-5-4-9-21(22)25/h4-12H,13-14H2,1-3H3,(H,26,30). The molecule has 32 heavy (non-hydrogen) atoms. The van der Waals surface area contributed by atoms with Gasteiger partial charge in [-0.1, -0.05) is 29.4 Å². The van der Waals surface area contributed by atoms with E-state index in [1.807, 2.05) is 42.8 Å². The number of hydrogen-bond donors (Lipinski definition) is 1. The Bertz CT molecular complexity index is 1260. The number of aromatic nitrogens is 3. The van der Waals surface area contributed by atoms with Gasteiger partial charge in [0.15, 0.2) is 17.3 Å². The van der Waals surface area contributed by atoms with Crippen LogP contribution < -0.4 is 10.1 Å². The van der Waals surface area contributed by atoms with Gasteiger partial charge >= 0.3 is 0 Å². The Morgan fingerprint density at radius 2 is 1.94 bits per heavy atom. The average molecular weight is 434 g/mol. The van der Waals surface area contributed by atoms with Crippen molar-refractivity contribution in [2.45, 2.75) is 33.9 Å². The zero-order valence-corrected chi connectivity index (χ0v) is 18.1. The average Bonchev–Trinajstić information content (AvgIpc) is 3.28. The number of carbonyl (C=O) groups excluding carboxylic acids is 1. The van der Waals surface area contributed by atoms with E-state index in [9.17, 15) is 9.18 Å². The van der Waals surface area contributed by atoms with Crippen LogP contribution in [0.5, 0.6) is 5.75 Å². The first-order chi connectivity index (χ1) is 15.4. The van der Waals surface area contributed by atoms with Crippen molar-refractivity contribution in [3.63, 3.8) is 0 Å². The van der Waals surface area contributed by atoms with Crippen molar-refractivity contribution in [2.24, 2.45) is 0 Å². The number of ether oxygens (including phenoxy) is 1. The SMILES string of the molecule is Cc1cc(C)n(Cc2cccc(NC(=O)c3noc(C)c3COc3ccccc3F)c2)n1. The highest BCUT2D eigenvalue weighted by Gasteiger charge is 2.21. The van der Waals surface area contributed by atoms with Gasteiger partial charge in [-0.25, -0.2) is 4.39 Å². The highest BCUT2D eigenvalue weighted by Crippen LogP contribution is 2.21. The predicted molar refractivity (Wildman–Crippen MR) is 117 cm³/mol. The minimum Gasteiger partial charge on any atom is -0.486 e. The molecule has 1 N–H and O–H groups in total. The Balaban J connectivity index is 1.47. The number of amides is 1. The molecule has 0 bridgehead atoms. The molecule has 4 aromatic rings. The Labute approximate surface area is 184 Å². The van der Waals surface area contributed by atoms with E-state index in [1.54, 1.807) is 25.1 Å². The number of carbonyl (C=O) groups is 1. The first-order valence-electron chi connectivity index (χ1n) is 10.1. The number of hydrogen-bond acceptors (Lipinski definition) is 5. The van der Waals surface area contributed by atoms with E-state index < -0.39 is 11.7 Å². The van der Waals surface area contributed by atoms with Crippen LogP contribution in [0.1, 0.15) is 38.8 Å². The van der Waals surface area contributed by atoms with Gasteiger partial charge < -0.3 is 14.6 Å². The van der Waals surface area contributed by atoms with Crippen LogP contribution in [0.2, 0.25) is 0 Å². The van der Waals surface area contributed by atoms with Crippen molar-refractivity contribution in [2.75, 3.05) is 5.32 Å². The molecule has 4 rings (SSSR count). The zero-order valence-electron chi connectivity index (χ0n) is 18.1. The maximum Gasteiger partial charge on any atom is 0.278 e. The third-order valence-electron chi connectivity index (χ3n) is 5.03. The lowest BCUT2D eigenvalue weighted by atomic mass is 10.1. The van der Waals surface area contributed by atoms with Crippen LogP contribution in [0.15, 0.2) is 59.1 Å². The first kappa shape index (κ1) is 21.3. The molecule has 2 heterocycles. The van der Waals surface area contributed by atoms with Crippen LogP contribution in [0.4, 0.5) is 10.1 Å². The van der Waals surface area contributed by atoms with E-state index in [1.165, 1.54) is 12.1 Å². The fourth-order valence-corrected chi connectivity index (χ4v) is 3.40. The van der Waals surface area contributed by atoms with Crippen molar-refractivity contribution in [3.8, 4) is 5.75 Å². The number of nitrogens with zero attached hydrogens (tertiary/aromatic N) is 3. The second-order valence-electron chi connectivity index (χ2n) is 7.52. The minimum atomic E-state index is -0.480. The maximum absolute atomic E-state index is 13.8. The van der Waals surface area contributed by atoms with E-state index in [0.717, 1.165) is 17.0 Å². The molecular weight excluding hydrogens is 411 g/mol. The third kappa shape index (κ3) is 4.69. The van der Waals surface area contributed by atoms with Gasteiger partial charge in [0.05, 0.1) is 17.8 Å². The molecule has 164 valence electrons.